The first-order valence-corrected chi connectivity index (χ1v) is 7.42. The van der Waals surface area contributed by atoms with Crippen LogP contribution in [-0.2, 0) is 21.5 Å². The van der Waals surface area contributed by atoms with Gasteiger partial charge in [0, 0.05) is 23.4 Å². The summed E-state index contributed by atoms with van der Waals surface area (Å²) in [5, 5.41) is 4.77. The molecular formula is C13H15N3O3S. The Morgan fingerprint density at radius 2 is 2.30 bits per heavy atom. The molecule has 1 aromatic rings. The molecule has 2 heterocycles. The lowest BCUT2D eigenvalue weighted by molar-refractivity contribution is -0.132. The zero-order valence-corrected chi connectivity index (χ0v) is 11.7. The number of urea groups is 1. The van der Waals surface area contributed by atoms with Gasteiger partial charge in [-0.15, -0.1) is 11.3 Å². The molecule has 4 amide bonds. The Morgan fingerprint density at radius 1 is 1.50 bits per heavy atom. The van der Waals surface area contributed by atoms with Gasteiger partial charge >= 0.3 is 6.03 Å². The minimum atomic E-state index is -0.928. The van der Waals surface area contributed by atoms with Crippen LogP contribution in [0.2, 0.25) is 0 Å². The number of hydrogen-bond acceptors (Lipinski definition) is 4. The predicted octanol–water partition coefficient (Wildman–Crippen LogP) is 0.707. The first-order valence-electron chi connectivity index (χ1n) is 6.54. The Kier molecular flexibility index (Phi) is 3.01. The zero-order valence-electron chi connectivity index (χ0n) is 10.8. The molecule has 1 aromatic heterocycles. The van der Waals surface area contributed by atoms with Crippen LogP contribution in [0, 0.1) is 0 Å². The number of aryl methyl sites for hydroxylation is 1. The van der Waals surface area contributed by atoms with Crippen LogP contribution in [0.25, 0.3) is 0 Å². The maximum atomic E-state index is 12.7. The zero-order chi connectivity index (χ0) is 14.3. The summed E-state index contributed by atoms with van der Waals surface area (Å²) < 4.78 is 0. The van der Waals surface area contributed by atoms with E-state index in [0.29, 0.717) is 6.42 Å². The molecule has 1 fully saturated rings. The number of amides is 4. The summed E-state index contributed by atoms with van der Waals surface area (Å²) >= 11 is 1.61. The van der Waals surface area contributed by atoms with Crippen molar-refractivity contribution in [3.63, 3.8) is 0 Å². The highest BCUT2D eigenvalue weighted by Gasteiger charge is 2.54. The molecule has 20 heavy (non-hydrogen) atoms. The van der Waals surface area contributed by atoms with E-state index in [2.05, 4.69) is 5.32 Å². The molecule has 1 aliphatic heterocycles. The third-order valence-electron chi connectivity index (χ3n) is 3.92. The Balaban J connectivity index is 1.92. The number of thiophene rings is 1. The van der Waals surface area contributed by atoms with Crippen molar-refractivity contribution in [2.45, 2.75) is 31.2 Å². The van der Waals surface area contributed by atoms with Gasteiger partial charge in [0.15, 0.2) is 0 Å². The number of carbonyl (C=O) groups is 3. The Hall–Kier alpha value is -1.89. The predicted molar refractivity (Wildman–Crippen MR) is 73.0 cm³/mol. The lowest BCUT2D eigenvalue weighted by Gasteiger charge is -2.31. The van der Waals surface area contributed by atoms with Gasteiger partial charge in [0.1, 0.15) is 5.54 Å². The van der Waals surface area contributed by atoms with E-state index in [-0.39, 0.29) is 18.9 Å². The smallest absolute Gasteiger partial charge is 0.325 e. The SMILES string of the molecule is NC(=O)CCN1C(=O)N[C@@]2(CCCc3sccc32)C1=O. The van der Waals surface area contributed by atoms with Crippen LogP contribution >= 0.6 is 11.3 Å². The molecule has 1 saturated heterocycles. The molecule has 3 N–H and O–H groups in total. The van der Waals surface area contributed by atoms with Crippen molar-refractivity contribution < 1.29 is 14.4 Å². The average Bonchev–Trinajstić information content (AvgIpc) is 2.95. The molecule has 7 heteroatoms. The minimum absolute atomic E-state index is 0.00820. The van der Waals surface area contributed by atoms with Crippen molar-refractivity contribution in [2.24, 2.45) is 5.73 Å². The standard InChI is InChI=1S/C13H15N3O3S/c14-10(17)3-6-16-11(18)13(15-12(16)19)5-1-2-9-8(13)4-7-20-9/h4,7H,1-3,5-6H2,(H2,14,17)(H,15,19)/t13-/m1/s1. The van der Waals surface area contributed by atoms with Gasteiger partial charge in [-0.2, -0.15) is 0 Å². The van der Waals surface area contributed by atoms with Crippen LogP contribution < -0.4 is 11.1 Å². The molecule has 106 valence electrons. The van der Waals surface area contributed by atoms with Crippen LogP contribution in [-0.4, -0.2) is 29.3 Å². The molecule has 3 rings (SSSR count). The van der Waals surface area contributed by atoms with Crippen molar-refractivity contribution >= 4 is 29.2 Å². The van der Waals surface area contributed by atoms with Gasteiger partial charge in [0.25, 0.3) is 5.91 Å². The number of primary amides is 1. The van der Waals surface area contributed by atoms with Gasteiger partial charge in [-0.1, -0.05) is 0 Å². The molecule has 1 atom stereocenters. The topological polar surface area (TPSA) is 92.5 Å². The van der Waals surface area contributed by atoms with Crippen LogP contribution in [0.15, 0.2) is 11.4 Å². The number of nitrogens with zero attached hydrogens (tertiary/aromatic N) is 1. The minimum Gasteiger partial charge on any atom is -0.370 e. The number of carbonyl (C=O) groups excluding carboxylic acids is 3. The fourth-order valence-electron chi connectivity index (χ4n) is 2.97. The van der Waals surface area contributed by atoms with Crippen molar-refractivity contribution in [3.8, 4) is 0 Å². The molecule has 0 bridgehead atoms. The molecule has 1 aliphatic carbocycles. The van der Waals surface area contributed by atoms with E-state index in [0.717, 1.165) is 28.2 Å². The average molecular weight is 293 g/mol. The molecule has 0 aromatic carbocycles. The fraction of sp³-hybridized carbons (Fsp3) is 0.462. The van der Waals surface area contributed by atoms with E-state index in [9.17, 15) is 14.4 Å². The number of fused-ring (bicyclic) bond motifs is 2. The molecule has 1 spiro atoms. The highest BCUT2D eigenvalue weighted by Crippen LogP contribution is 2.42. The lowest BCUT2D eigenvalue weighted by atomic mass is 9.80. The Morgan fingerprint density at radius 3 is 3.05 bits per heavy atom. The number of rotatable bonds is 3. The van der Waals surface area contributed by atoms with Crippen molar-refractivity contribution in [1.82, 2.24) is 10.2 Å². The van der Waals surface area contributed by atoms with Gasteiger partial charge in [-0.25, -0.2) is 4.79 Å². The molecular weight excluding hydrogens is 278 g/mol. The highest BCUT2D eigenvalue weighted by molar-refractivity contribution is 7.10. The summed E-state index contributed by atoms with van der Waals surface area (Å²) in [6, 6.07) is 1.48. The first-order chi connectivity index (χ1) is 9.54. The fourth-order valence-corrected chi connectivity index (χ4v) is 3.97. The summed E-state index contributed by atoms with van der Waals surface area (Å²) in [7, 11) is 0. The number of nitrogens with one attached hydrogen (secondary N) is 1. The number of hydrogen-bond donors (Lipinski definition) is 2. The van der Waals surface area contributed by atoms with E-state index in [1.54, 1.807) is 11.3 Å². The second-order valence-corrected chi connectivity index (χ2v) is 6.12. The van der Waals surface area contributed by atoms with Gasteiger partial charge in [-0.05, 0) is 30.7 Å². The maximum absolute atomic E-state index is 12.7. The van der Waals surface area contributed by atoms with Crippen LogP contribution in [0.5, 0.6) is 0 Å². The van der Waals surface area contributed by atoms with E-state index < -0.39 is 17.5 Å². The first kappa shape index (κ1) is 13.1. The van der Waals surface area contributed by atoms with E-state index in [1.165, 1.54) is 0 Å². The van der Waals surface area contributed by atoms with Gasteiger partial charge in [-0.3, -0.25) is 14.5 Å². The van der Waals surface area contributed by atoms with Crippen LogP contribution in [0.3, 0.4) is 0 Å². The summed E-state index contributed by atoms with van der Waals surface area (Å²) in [6.45, 7) is 0.0429. The molecule has 0 saturated carbocycles. The Bertz CT molecular complexity index is 597. The van der Waals surface area contributed by atoms with E-state index in [4.69, 9.17) is 5.73 Å². The second-order valence-electron chi connectivity index (χ2n) is 5.12. The van der Waals surface area contributed by atoms with Gasteiger partial charge < -0.3 is 11.1 Å². The van der Waals surface area contributed by atoms with Crippen LogP contribution in [0.1, 0.15) is 29.7 Å². The third-order valence-corrected chi connectivity index (χ3v) is 4.90. The summed E-state index contributed by atoms with van der Waals surface area (Å²) in [4.78, 5) is 37.8. The normalized spacial score (nSPS) is 24.9. The number of imide groups is 1. The molecule has 2 aliphatic rings. The lowest BCUT2D eigenvalue weighted by Crippen LogP contribution is -2.46. The van der Waals surface area contributed by atoms with Crippen LogP contribution in [0.4, 0.5) is 4.79 Å². The third kappa shape index (κ3) is 1.81. The maximum Gasteiger partial charge on any atom is 0.325 e. The van der Waals surface area contributed by atoms with Crippen molar-refractivity contribution in [3.05, 3.63) is 21.9 Å². The quantitative estimate of drug-likeness (QED) is 0.804. The molecule has 0 radical (unpaired) electrons. The summed E-state index contributed by atoms with van der Waals surface area (Å²) in [6.07, 6.45) is 2.41. The van der Waals surface area contributed by atoms with E-state index in [1.807, 2.05) is 11.4 Å². The summed E-state index contributed by atoms with van der Waals surface area (Å²) in [5.41, 5.74) is 5.07. The highest BCUT2D eigenvalue weighted by atomic mass is 32.1. The monoisotopic (exact) mass is 293 g/mol. The van der Waals surface area contributed by atoms with Gasteiger partial charge in [0.2, 0.25) is 5.91 Å². The number of nitrogens with two attached hydrogens (primary N) is 1. The molecule has 6 nitrogen and oxygen atoms in total. The largest absolute Gasteiger partial charge is 0.370 e. The van der Waals surface area contributed by atoms with Crippen molar-refractivity contribution in [1.29, 1.82) is 0 Å². The van der Waals surface area contributed by atoms with Gasteiger partial charge in [0.05, 0.1) is 0 Å². The summed E-state index contributed by atoms with van der Waals surface area (Å²) in [5.74, 6) is -0.783. The van der Waals surface area contributed by atoms with Crippen molar-refractivity contribution in [2.75, 3.05) is 6.54 Å². The molecule has 0 unspecified atom stereocenters. The van der Waals surface area contributed by atoms with E-state index >= 15 is 0 Å². The second kappa shape index (κ2) is 4.59. The Labute approximate surface area is 119 Å².